The lowest BCUT2D eigenvalue weighted by Crippen LogP contribution is -2.33. The number of nitrogens with zero attached hydrogens (tertiary/aromatic N) is 4. The predicted molar refractivity (Wildman–Crippen MR) is 106 cm³/mol. The van der Waals surface area contributed by atoms with Crippen molar-refractivity contribution in [3.05, 3.63) is 42.6 Å². The van der Waals surface area contributed by atoms with Gasteiger partial charge >= 0.3 is 6.18 Å². The Balaban J connectivity index is 1.66. The third-order valence-corrected chi connectivity index (χ3v) is 4.73. The van der Waals surface area contributed by atoms with Crippen LogP contribution in [0.2, 0.25) is 0 Å². The minimum Gasteiger partial charge on any atom is -0.345 e. The lowest BCUT2D eigenvalue weighted by Gasteiger charge is -2.16. The lowest BCUT2D eigenvalue weighted by atomic mass is 10.1. The largest absolute Gasteiger partial charge is 0.408 e. The minimum atomic E-state index is -4.45. The van der Waals surface area contributed by atoms with Gasteiger partial charge in [0, 0.05) is 35.1 Å². The molecule has 0 aliphatic rings. The molecule has 0 aromatic carbocycles. The van der Waals surface area contributed by atoms with Crippen LogP contribution in [0.3, 0.4) is 0 Å². The van der Waals surface area contributed by atoms with Crippen LogP contribution in [0.4, 0.5) is 27.9 Å². The van der Waals surface area contributed by atoms with Crippen LogP contribution in [0.1, 0.15) is 17.4 Å². The highest BCUT2D eigenvalue weighted by atomic mass is 19.4. The van der Waals surface area contributed by atoms with Gasteiger partial charge in [-0.15, -0.1) is 0 Å². The van der Waals surface area contributed by atoms with Crippen LogP contribution in [0.25, 0.3) is 27.8 Å². The summed E-state index contributed by atoms with van der Waals surface area (Å²) in [6, 6.07) is 1.54. The molecular weight excluding hydrogens is 437 g/mol. The van der Waals surface area contributed by atoms with Gasteiger partial charge in [0.05, 0.1) is 12.7 Å². The van der Waals surface area contributed by atoms with Crippen molar-refractivity contribution in [1.82, 2.24) is 29.7 Å². The van der Waals surface area contributed by atoms with Crippen molar-refractivity contribution in [2.24, 2.45) is 0 Å². The number of aromatic amines is 1. The summed E-state index contributed by atoms with van der Waals surface area (Å²) in [5.41, 5.74) is 2.07. The fraction of sp³-hybridized carbons (Fsp3) is 0.263. The van der Waals surface area contributed by atoms with E-state index in [9.17, 15) is 26.7 Å². The number of fused-ring (bicyclic) bond motifs is 2. The highest BCUT2D eigenvalue weighted by molar-refractivity contribution is 5.95. The number of pyridine rings is 1. The monoisotopic (exact) mass is 453 g/mol. The Kier molecular flexibility index (Phi) is 5.40. The summed E-state index contributed by atoms with van der Waals surface area (Å²) < 4.78 is 64.5. The van der Waals surface area contributed by atoms with Crippen molar-refractivity contribution in [2.45, 2.75) is 25.6 Å². The summed E-state index contributed by atoms with van der Waals surface area (Å²) in [5.74, 6) is -0.884. The molecule has 4 aromatic rings. The van der Waals surface area contributed by atoms with Crippen molar-refractivity contribution in [2.75, 3.05) is 11.9 Å². The maximum Gasteiger partial charge on any atom is 0.408 e. The first-order valence-corrected chi connectivity index (χ1v) is 9.34. The number of hydrogen-bond donors (Lipinski definition) is 3. The van der Waals surface area contributed by atoms with Gasteiger partial charge in [-0.25, -0.2) is 18.7 Å². The third kappa shape index (κ3) is 4.18. The number of nitrogens with one attached hydrogen (secondary N) is 3. The van der Waals surface area contributed by atoms with E-state index in [1.54, 1.807) is 24.5 Å². The Labute approximate surface area is 176 Å². The number of H-pyrrole nitrogens is 1. The number of halogens is 5. The van der Waals surface area contributed by atoms with Crippen LogP contribution in [0.15, 0.2) is 36.9 Å². The van der Waals surface area contributed by atoms with Gasteiger partial charge < -0.3 is 15.6 Å². The van der Waals surface area contributed by atoms with E-state index in [1.807, 2.05) is 0 Å². The average Bonchev–Trinajstić information content (AvgIpc) is 3.34. The lowest BCUT2D eigenvalue weighted by molar-refractivity contribution is -0.138. The molecule has 0 saturated heterocycles. The Morgan fingerprint density at radius 2 is 2.00 bits per heavy atom. The summed E-state index contributed by atoms with van der Waals surface area (Å²) >= 11 is 0. The Hall–Kier alpha value is -3.77. The molecule has 8 nitrogen and oxygen atoms in total. The fourth-order valence-corrected chi connectivity index (χ4v) is 3.06. The van der Waals surface area contributed by atoms with Crippen molar-refractivity contribution >= 4 is 28.5 Å². The van der Waals surface area contributed by atoms with Gasteiger partial charge in [0.2, 0.25) is 5.95 Å². The van der Waals surface area contributed by atoms with E-state index in [1.165, 1.54) is 16.8 Å². The van der Waals surface area contributed by atoms with Crippen molar-refractivity contribution in [3.8, 4) is 11.1 Å². The maximum absolute atomic E-state index is 12.8. The number of carbonyl (C=O) groups excluding carboxylic acids is 1. The van der Waals surface area contributed by atoms with Crippen molar-refractivity contribution in [3.63, 3.8) is 0 Å². The minimum absolute atomic E-state index is 0.0752. The second-order valence-electron chi connectivity index (χ2n) is 6.96. The molecule has 4 aromatic heterocycles. The molecule has 0 radical (unpaired) electrons. The average molecular weight is 453 g/mol. The molecule has 4 heterocycles. The van der Waals surface area contributed by atoms with Crippen LogP contribution < -0.4 is 10.6 Å². The summed E-state index contributed by atoms with van der Waals surface area (Å²) in [7, 11) is 0. The predicted octanol–water partition coefficient (Wildman–Crippen LogP) is 3.63. The van der Waals surface area contributed by atoms with Gasteiger partial charge in [0.1, 0.15) is 23.0 Å². The fourth-order valence-electron chi connectivity index (χ4n) is 3.06. The van der Waals surface area contributed by atoms with Gasteiger partial charge in [0.25, 0.3) is 12.3 Å². The molecular formula is C19H16F5N7O. The Bertz CT molecular complexity index is 1280. The van der Waals surface area contributed by atoms with E-state index in [0.29, 0.717) is 27.8 Å². The van der Waals surface area contributed by atoms with Crippen LogP contribution in [0, 0.1) is 0 Å². The number of hydrogen-bond acceptors (Lipinski definition) is 5. The molecule has 0 aliphatic heterocycles. The molecule has 168 valence electrons. The van der Waals surface area contributed by atoms with E-state index in [2.05, 4.69) is 30.6 Å². The number of alkyl halides is 5. The van der Waals surface area contributed by atoms with E-state index in [0.717, 1.165) is 6.92 Å². The van der Waals surface area contributed by atoms with E-state index < -0.39 is 31.1 Å². The van der Waals surface area contributed by atoms with Crippen LogP contribution in [-0.2, 0) is 0 Å². The second kappa shape index (κ2) is 8.05. The van der Waals surface area contributed by atoms with Gasteiger partial charge in [-0.3, -0.25) is 9.20 Å². The third-order valence-electron chi connectivity index (χ3n) is 4.73. The summed E-state index contributed by atoms with van der Waals surface area (Å²) in [5, 5.41) is 4.88. The van der Waals surface area contributed by atoms with Gasteiger partial charge in [-0.1, -0.05) is 0 Å². The zero-order chi connectivity index (χ0) is 23.0. The quantitative estimate of drug-likeness (QED) is 0.387. The maximum atomic E-state index is 12.8. The number of imidazole rings is 1. The number of rotatable bonds is 6. The highest BCUT2D eigenvalue weighted by Crippen LogP contribution is 2.29. The van der Waals surface area contributed by atoms with Gasteiger partial charge in [-0.2, -0.15) is 18.2 Å². The van der Waals surface area contributed by atoms with Crippen molar-refractivity contribution in [1.29, 1.82) is 0 Å². The van der Waals surface area contributed by atoms with E-state index in [4.69, 9.17) is 0 Å². The highest BCUT2D eigenvalue weighted by Gasteiger charge is 2.36. The summed E-state index contributed by atoms with van der Waals surface area (Å²) in [4.78, 5) is 27.2. The van der Waals surface area contributed by atoms with E-state index >= 15 is 0 Å². The van der Waals surface area contributed by atoms with Crippen LogP contribution in [-0.4, -0.2) is 55.4 Å². The standard InChI is InChI=1S/C19H16F5N7O/c1-9(19(22,23)24)29-18-28-5-12-11(4-26-16(12)30-18)10-2-3-15-25-6-13(31(15)8-10)17(32)27-7-14(20)21/h2-6,8-9,14H,7H2,1H3,(H,27,32)(H2,26,28,29,30). The van der Waals surface area contributed by atoms with Crippen LogP contribution >= 0.6 is 0 Å². The molecule has 13 heteroatoms. The first-order chi connectivity index (χ1) is 15.1. The normalized spacial score (nSPS) is 13.1. The molecule has 3 N–H and O–H groups in total. The molecule has 0 saturated carbocycles. The molecule has 1 atom stereocenters. The first-order valence-electron chi connectivity index (χ1n) is 9.34. The number of anilines is 1. The SMILES string of the molecule is CC(Nc1ncc2c(-c3ccc4ncc(C(=O)NCC(F)F)n4c3)c[nH]c2n1)C(F)(F)F. The molecule has 0 aliphatic carbocycles. The Morgan fingerprint density at radius 1 is 1.22 bits per heavy atom. The summed E-state index contributed by atoms with van der Waals surface area (Å²) in [6.45, 7) is 0.179. The number of aromatic nitrogens is 5. The summed E-state index contributed by atoms with van der Waals surface area (Å²) in [6.07, 6.45) is -1.27. The van der Waals surface area contributed by atoms with E-state index in [-0.39, 0.29) is 11.6 Å². The smallest absolute Gasteiger partial charge is 0.345 e. The molecule has 0 spiro atoms. The zero-order valence-corrected chi connectivity index (χ0v) is 16.4. The Morgan fingerprint density at radius 3 is 2.72 bits per heavy atom. The van der Waals surface area contributed by atoms with Crippen molar-refractivity contribution < 1.29 is 26.7 Å². The molecule has 4 rings (SSSR count). The molecule has 0 fully saturated rings. The number of carbonyl (C=O) groups is 1. The molecule has 32 heavy (non-hydrogen) atoms. The molecule has 1 amide bonds. The second-order valence-corrected chi connectivity index (χ2v) is 6.96. The van der Waals surface area contributed by atoms with Gasteiger partial charge in [-0.05, 0) is 19.1 Å². The molecule has 0 bridgehead atoms. The number of amides is 1. The van der Waals surface area contributed by atoms with Crippen LogP contribution in [0.5, 0.6) is 0 Å². The topological polar surface area (TPSA) is 100 Å². The van der Waals surface area contributed by atoms with Gasteiger partial charge in [0.15, 0.2) is 0 Å². The zero-order valence-electron chi connectivity index (χ0n) is 16.4. The molecule has 1 unspecified atom stereocenters. The first kappa shape index (κ1) is 21.5.